The maximum absolute atomic E-state index is 12.9. The molecule has 6 atom stereocenters. The van der Waals surface area contributed by atoms with Crippen LogP contribution in [0, 0.1) is 25.2 Å². The number of carbonyl (C=O) groups is 3. The molecular formula is C31H31N3O9S. The second-order valence-electron chi connectivity index (χ2n) is 11.8. The van der Waals surface area contributed by atoms with Crippen molar-refractivity contribution in [3.8, 4) is 34.8 Å². The largest absolute Gasteiger partial charge is 0.504 e. The zero-order valence-electron chi connectivity index (χ0n) is 24.8. The first-order valence-corrected chi connectivity index (χ1v) is 15.4. The molecule has 44 heavy (non-hydrogen) atoms. The topological polar surface area (TPSA) is 148 Å². The number of nitrogens with zero attached hydrogens (tertiary/aromatic N) is 3. The highest BCUT2D eigenvalue weighted by Gasteiger charge is 2.60. The van der Waals surface area contributed by atoms with Crippen LogP contribution in [0.1, 0.15) is 57.6 Å². The second kappa shape index (κ2) is 10.3. The van der Waals surface area contributed by atoms with Crippen LogP contribution in [-0.4, -0.2) is 84.1 Å². The number of methoxy groups -OCH3 is 1. The summed E-state index contributed by atoms with van der Waals surface area (Å²) in [6.07, 6.45) is 0.488. The SMILES string of the molecule is COc1c(C)cc2c(c1O)C1C3[C@@H]4SCC(=O)C(=O)OC[C@@H](c5c6c(c(C)c(OC(C)=O)c54)OCO6)N3[C@@H](C#N)C(C2)N1C. The average Bonchev–Trinajstić information content (AvgIpc) is 3.47. The number of aromatic hydroxyl groups is 1. The van der Waals surface area contributed by atoms with Crippen LogP contribution >= 0.6 is 11.8 Å². The summed E-state index contributed by atoms with van der Waals surface area (Å²) in [5.74, 6) is -0.855. The third kappa shape index (κ3) is 3.87. The molecule has 5 heterocycles. The summed E-state index contributed by atoms with van der Waals surface area (Å²) in [5, 5.41) is 21.9. The van der Waals surface area contributed by atoms with Crippen molar-refractivity contribution in [2.24, 2.45) is 0 Å². The minimum atomic E-state index is -0.949. The van der Waals surface area contributed by atoms with E-state index in [0.717, 1.165) is 11.1 Å². The number of fused-ring (bicyclic) bond motifs is 9. The van der Waals surface area contributed by atoms with E-state index in [4.69, 9.17) is 23.7 Å². The number of piperazine rings is 1. The Morgan fingerprint density at radius 1 is 1.14 bits per heavy atom. The number of nitriles is 1. The van der Waals surface area contributed by atoms with E-state index in [1.165, 1.54) is 25.8 Å². The smallest absolute Gasteiger partial charge is 0.375 e. The number of hydrogen-bond acceptors (Lipinski definition) is 13. The van der Waals surface area contributed by atoms with E-state index >= 15 is 0 Å². The molecular weight excluding hydrogens is 590 g/mol. The Bertz CT molecular complexity index is 1690. The maximum Gasteiger partial charge on any atom is 0.375 e. The van der Waals surface area contributed by atoms with Gasteiger partial charge in [0.2, 0.25) is 12.6 Å². The van der Waals surface area contributed by atoms with Crippen molar-refractivity contribution < 1.29 is 43.2 Å². The number of Topliss-reactive ketones (excluding diaryl/α,β-unsaturated/α-hetero) is 1. The molecule has 2 fully saturated rings. The first kappa shape index (κ1) is 28.8. The number of phenolic OH excluding ortho intramolecular Hbond substituents is 1. The molecule has 0 spiro atoms. The monoisotopic (exact) mass is 621 g/mol. The summed E-state index contributed by atoms with van der Waals surface area (Å²) in [7, 11) is 3.45. The van der Waals surface area contributed by atoms with Gasteiger partial charge in [0.1, 0.15) is 18.4 Å². The predicted octanol–water partition coefficient (Wildman–Crippen LogP) is 2.80. The van der Waals surface area contributed by atoms with Crippen LogP contribution in [0.5, 0.6) is 28.7 Å². The van der Waals surface area contributed by atoms with E-state index < -0.39 is 47.1 Å². The van der Waals surface area contributed by atoms with E-state index in [2.05, 4.69) is 15.9 Å². The Hall–Kier alpha value is -3.99. The van der Waals surface area contributed by atoms with E-state index in [1.807, 2.05) is 20.0 Å². The Balaban J connectivity index is 1.57. The van der Waals surface area contributed by atoms with Crippen molar-refractivity contribution in [3.05, 3.63) is 39.4 Å². The fraction of sp³-hybridized carbons (Fsp3) is 0.484. The van der Waals surface area contributed by atoms with Gasteiger partial charge in [0.05, 0.1) is 36.3 Å². The van der Waals surface area contributed by atoms with Crippen LogP contribution in [0.3, 0.4) is 0 Å². The Kier molecular flexibility index (Phi) is 6.73. The van der Waals surface area contributed by atoms with Crippen molar-refractivity contribution >= 4 is 29.5 Å². The van der Waals surface area contributed by atoms with Gasteiger partial charge in [-0.2, -0.15) is 5.26 Å². The predicted molar refractivity (Wildman–Crippen MR) is 155 cm³/mol. The van der Waals surface area contributed by atoms with E-state index in [-0.39, 0.29) is 30.9 Å². The number of carbonyl (C=O) groups excluding carboxylic acids is 3. The quantitative estimate of drug-likeness (QED) is 0.298. The molecule has 12 nitrogen and oxygen atoms in total. The molecule has 7 rings (SSSR count). The first-order valence-electron chi connectivity index (χ1n) is 14.3. The Labute approximate surface area is 257 Å². The molecule has 4 bridgehead atoms. The fourth-order valence-electron chi connectivity index (χ4n) is 7.90. The van der Waals surface area contributed by atoms with Crippen LogP contribution in [0.4, 0.5) is 0 Å². The number of ketones is 1. The van der Waals surface area contributed by atoms with Gasteiger partial charge in [-0.3, -0.25) is 19.4 Å². The molecule has 0 saturated carbocycles. The molecule has 5 aliphatic rings. The van der Waals surface area contributed by atoms with E-state index in [1.54, 1.807) is 6.92 Å². The Morgan fingerprint density at radius 2 is 1.89 bits per heavy atom. The van der Waals surface area contributed by atoms with Gasteiger partial charge in [-0.15, -0.1) is 11.8 Å². The van der Waals surface area contributed by atoms with Gasteiger partial charge in [-0.05, 0) is 38.4 Å². The van der Waals surface area contributed by atoms with Crippen molar-refractivity contribution in [1.82, 2.24) is 9.80 Å². The molecule has 3 unspecified atom stereocenters. The summed E-state index contributed by atoms with van der Waals surface area (Å²) in [5.41, 5.74) is 4.16. The van der Waals surface area contributed by atoms with Gasteiger partial charge in [0.15, 0.2) is 23.0 Å². The van der Waals surface area contributed by atoms with Crippen LogP contribution in [0.15, 0.2) is 6.07 Å². The molecule has 5 aliphatic heterocycles. The highest BCUT2D eigenvalue weighted by molar-refractivity contribution is 8.00. The third-order valence-corrected chi connectivity index (χ3v) is 10.8. The standard InChI is InChI=1S/C31H31N3O9S/c1-12-6-15-7-16-17(8-32)34-18-9-40-31(38)19(36)10-44-30(24(34)23(33(16)4)20(15)25(37)26(12)39-5)22-21(18)29-28(41-11-42-29)13(2)27(22)43-14(3)35/h6,16-18,23-24,30,37H,7,9-11H2,1-5H3/t16?,17-,18-,23?,24?,30+/m0/s1. The first-order chi connectivity index (χ1) is 21.1. The highest BCUT2D eigenvalue weighted by atomic mass is 32.2. The number of aryl methyl sites for hydroxylation is 1. The number of ether oxygens (including phenoxy) is 5. The zero-order chi connectivity index (χ0) is 31.2. The molecule has 0 aliphatic carbocycles. The minimum Gasteiger partial charge on any atom is -0.504 e. The average molecular weight is 622 g/mol. The molecule has 2 aromatic carbocycles. The molecule has 0 aromatic heterocycles. The molecule has 2 aromatic rings. The van der Waals surface area contributed by atoms with E-state index in [0.29, 0.717) is 51.7 Å². The van der Waals surface area contributed by atoms with Gasteiger partial charge in [-0.1, -0.05) is 6.07 Å². The Morgan fingerprint density at radius 3 is 2.59 bits per heavy atom. The van der Waals surface area contributed by atoms with Crippen LogP contribution < -0.4 is 18.9 Å². The van der Waals surface area contributed by atoms with Crippen LogP contribution in [0.2, 0.25) is 0 Å². The number of benzene rings is 2. The van der Waals surface area contributed by atoms with Gasteiger partial charge in [0.25, 0.3) is 0 Å². The summed E-state index contributed by atoms with van der Waals surface area (Å²) in [6.45, 7) is 4.65. The van der Waals surface area contributed by atoms with Gasteiger partial charge in [0, 0.05) is 41.3 Å². The summed E-state index contributed by atoms with van der Waals surface area (Å²) in [4.78, 5) is 42.3. The number of cyclic esters (lactones) is 1. The van der Waals surface area contributed by atoms with Crippen molar-refractivity contribution in [2.45, 2.75) is 62.7 Å². The highest BCUT2D eigenvalue weighted by Crippen LogP contribution is 2.63. The van der Waals surface area contributed by atoms with Gasteiger partial charge >= 0.3 is 11.9 Å². The van der Waals surface area contributed by atoms with E-state index in [9.17, 15) is 24.8 Å². The third-order valence-electron chi connectivity index (χ3n) is 9.54. The summed E-state index contributed by atoms with van der Waals surface area (Å²) >= 11 is 1.22. The van der Waals surface area contributed by atoms with Crippen LogP contribution in [0.25, 0.3) is 0 Å². The van der Waals surface area contributed by atoms with Gasteiger partial charge < -0.3 is 28.8 Å². The minimum absolute atomic E-state index is 0.0240. The molecule has 1 N–H and O–H groups in total. The fourth-order valence-corrected chi connectivity index (χ4v) is 9.23. The van der Waals surface area contributed by atoms with Crippen molar-refractivity contribution in [2.75, 3.05) is 33.3 Å². The number of thioether (sulfide) groups is 1. The number of esters is 2. The maximum atomic E-state index is 12.9. The van der Waals surface area contributed by atoms with Crippen molar-refractivity contribution in [3.63, 3.8) is 0 Å². The summed E-state index contributed by atoms with van der Waals surface area (Å²) in [6, 6.07) is 1.81. The molecule has 13 heteroatoms. The molecule has 0 radical (unpaired) electrons. The lowest BCUT2D eigenvalue weighted by Gasteiger charge is -2.61. The molecule has 0 amide bonds. The van der Waals surface area contributed by atoms with Gasteiger partial charge in [-0.25, -0.2) is 4.79 Å². The lowest BCUT2D eigenvalue weighted by Crippen LogP contribution is -2.69. The normalized spacial score (nSPS) is 28.7. The lowest BCUT2D eigenvalue weighted by molar-refractivity contribution is -0.157. The second-order valence-corrected chi connectivity index (χ2v) is 12.9. The summed E-state index contributed by atoms with van der Waals surface area (Å²) < 4.78 is 29.0. The lowest BCUT2D eigenvalue weighted by atomic mass is 9.71. The zero-order valence-corrected chi connectivity index (χ0v) is 25.6. The number of phenols is 1. The van der Waals surface area contributed by atoms with Crippen molar-refractivity contribution in [1.29, 1.82) is 5.26 Å². The van der Waals surface area contributed by atoms with Crippen LogP contribution in [-0.2, 0) is 25.5 Å². The molecule has 2 saturated heterocycles. The molecule has 230 valence electrons. The number of hydrogen-bond donors (Lipinski definition) is 1. The number of rotatable bonds is 2. The number of likely N-dealkylation sites (N-methyl/N-ethyl adjacent to an activating group) is 1.